The number of aromatic nitrogens is 2. The highest BCUT2D eigenvalue weighted by molar-refractivity contribution is 5.96. The molecule has 3 aromatic rings. The number of carbonyl (C=O) groups is 2. The van der Waals surface area contributed by atoms with Gasteiger partial charge in [0.1, 0.15) is 17.5 Å². The number of nitrogens with one attached hydrogen (secondary N) is 1. The normalized spacial score (nSPS) is 14.7. The van der Waals surface area contributed by atoms with Gasteiger partial charge in [0.15, 0.2) is 0 Å². The molecule has 1 aliphatic rings. The van der Waals surface area contributed by atoms with Gasteiger partial charge in [0.2, 0.25) is 5.91 Å². The second-order valence-corrected chi connectivity index (χ2v) is 9.94. The Labute approximate surface area is 219 Å². The molecule has 7 heteroatoms. The number of methoxy groups -OCH3 is 1. The first-order valence-corrected chi connectivity index (χ1v) is 13.1. The average Bonchev–Trinajstić information content (AvgIpc) is 2.94. The summed E-state index contributed by atoms with van der Waals surface area (Å²) in [6.45, 7) is 4.50. The van der Waals surface area contributed by atoms with Crippen molar-refractivity contribution in [1.82, 2.24) is 20.2 Å². The molecular weight excluding hydrogens is 464 g/mol. The molecule has 4 rings (SSSR count). The van der Waals surface area contributed by atoms with Gasteiger partial charge in [0.05, 0.1) is 13.3 Å². The molecule has 1 N–H and O–H groups in total. The van der Waals surface area contributed by atoms with E-state index in [0.29, 0.717) is 5.92 Å². The maximum Gasteiger partial charge on any atom is 0.275 e. The van der Waals surface area contributed by atoms with E-state index in [4.69, 9.17) is 4.74 Å². The van der Waals surface area contributed by atoms with Crippen LogP contribution >= 0.6 is 0 Å². The number of ether oxygens (including phenoxy) is 1. The van der Waals surface area contributed by atoms with Crippen molar-refractivity contribution in [2.45, 2.75) is 70.5 Å². The van der Waals surface area contributed by atoms with Crippen molar-refractivity contribution >= 4 is 11.8 Å². The number of rotatable bonds is 9. The molecular formula is C30H36N4O3. The second kappa shape index (κ2) is 12.5. The summed E-state index contributed by atoms with van der Waals surface area (Å²) >= 11 is 0. The van der Waals surface area contributed by atoms with Crippen LogP contribution in [0.1, 0.15) is 85.1 Å². The Morgan fingerprint density at radius 1 is 0.973 bits per heavy atom. The van der Waals surface area contributed by atoms with Gasteiger partial charge in [-0.05, 0) is 47.6 Å². The molecule has 0 bridgehead atoms. The maximum absolute atomic E-state index is 13.9. The highest BCUT2D eigenvalue weighted by Gasteiger charge is 2.34. The number of amides is 2. The quantitative estimate of drug-likeness (QED) is 0.423. The highest BCUT2D eigenvalue weighted by Crippen LogP contribution is 2.29. The molecule has 1 saturated carbocycles. The SMILES string of the molecule is COc1ccc(CN(C(=O)c2cnccn2)C(C(=O)NC2CCCCC2)c2ccc(C(C)C)cc2)cc1. The summed E-state index contributed by atoms with van der Waals surface area (Å²) in [5, 5.41) is 3.26. The molecule has 1 unspecified atom stereocenters. The monoisotopic (exact) mass is 500 g/mol. The number of hydrogen-bond donors (Lipinski definition) is 1. The van der Waals surface area contributed by atoms with Gasteiger partial charge in [-0.25, -0.2) is 4.98 Å². The van der Waals surface area contributed by atoms with E-state index in [1.807, 2.05) is 48.5 Å². The van der Waals surface area contributed by atoms with Crippen LogP contribution in [0.4, 0.5) is 0 Å². The van der Waals surface area contributed by atoms with Crippen LogP contribution in [-0.4, -0.2) is 39.8 Å². The van der Waals surface area contributed by atoms with Crippen molar-refractivity contribution in [3.8, 4) is 5.75 Å². The first-order valence-electron chi connectivity index (χ1n) is 13.1. The first kappa shape index (κ1) is 26.3. The minimum Gasteiger partial charge on any atom is -0.497 e. The number of carbonyl (C=O) groups excluding carboxylic acids is 2. The van der Waals surface area contributed by atoms with E-state index in [1.165, 1.54) is 30.6 Å². The standard InChI is InChI=1S/C30H36N4O3/c1-21(2)23-11-13-24(14-12-23)28(29(35)33-25-7-5-4-6-8-25)34(30(36)27-19-31-17-18-32-27)20-22-9-15-26(37-3)16-10-22/h9-19,21,25,28H,4-8,20H2,1-3H3,(H,33,35). The Bertz CT molecular complexity index is 1160. The summed E-state index contributed by atoms with van der Waals surface area (Å²) in [7, 11) is 1.62. The molecule has 1 aromatic heterocycles. The third-order valence-corrected chi connectivity index (χ3v) is 6.99. The molecule has 0 saturated heterocycles. The molecule has 1 fully saturated rings. The van der Waals surface area contributed by atoms with Gasteiger partial charge in [-0.15, -0.1) is 0 Å². The average molecular weight is 501 g/mol. The van der Waals surface area contributed by atoms with E-state index in [0.717, 1.165) is 42.6 Å². The second-order valence-electron chi connectivity index (χ2n) is 9.94. The smallest absolute Gasteiger partial charge is 0.275 e. The molecule has 0 radical (unpaired) electrons. The third-order valence-electron chi connectivity index (χ3n) is 6.99. The van der Waals surface area contributed by atoms with Gasteiger partial charge in [-0.1, -0.05) is 69.5 Å². The van der Waals surface area contributed by atoms with E-state index >= 15 is 0 Å². The fraction of sp³-hybridized carbons (Fsp3) is 0.400. The van der Waals surface area contributed by atoms with Crippen molar-refractivity contribution in [2.24, 2.45) is 0 Å². The molecule has 1 atom stereocenters. The summed E-state index contributed by atoms with van der Waals surface area (Å²) in [6, 6.07) is 14.8. The van der Waals surface area contributed by atoms with E-state index in [-0.39, 0.29) is 30.1 Å². The lowest BCUT2D eigenvalue weighted by molar-refractivity contribution is -0.127. The van der Waals surface area contributed by atoms with Crippen LogP contribution in [0.25, 0.3) is 0 Å². The van der Waals surface area contributed by atoms with Gasteiger partial charge in [0, 0.05) is 25.0 Å². The zero-order valence-corrected chi connectivity index (χ0v) is 21.9. The topological polar surface area (TPSA) is 84.4 Å². The van der Waals surface area contributed by atoms with Gasteiger partial charge < -0.3 is 15.0 Å². The lowest BCUT2D eigenvalue weighted by Gasteiger charge is -2.33. The maximum atomic E-state index is 13.9. The number of nitrogens with zero attached hydrogens (tertiary/aromatic N) is 3. The van der Waals surface area contributed by atoms with Crippen LogP contribution in [0.15, 0.2) is 67.1 Å². The summed E-state index contributed by atoms with van der Waals surface area (Å²) in [6.07, 6.45) is 9.79. The minimum absolute atomic E-state index is 0.119. The van der Waals surface area contributed by atoms with Crippen molar-refractivity contribution in [3.63, 3.8) is 0 Å². The number of hydrogen-bond acceptors (Lipinski definition) is 5. The molecule has 194 valence electrons. The molecule has 1 aliphatic carbocycles. The molecule has 0 spiro atoms. The van der Waals surface area contributed by atoms with Crippen molar-refractivity contribution < 1.29 is 14.3 Å². The Morgan fingerprint density at radius 3 is 2.24 bits per heavy atom. The third kappa shape index (κ3) is 6.73. The van der Waals surface area contributed by atoms with E-state index in [9.17, 15) is 9.59 Å². The Hall–Kier alpha value is -3.74. The molecule has 7 nitrogen and oxygen atoms in total. The lowest BCUT2D eigenvalue weighted by atomic mass is 9.94. The molecule has 0 aliphatic heterocycles. The van der Waals surface area contributed by atoms with Crippen LogP contribution in [0, 0.1) is 0 Å². The Kier molecular flexibility index (Phi) is 8.88. The summed E-state index contributed by atoms with van der Waals surface area (Å²) in [4.78, 5) is 37.8. The minimum atomic E-state index is -0.820. The summed E-state index contributed by atoms with van der Waals surface area (Å²) < 4.78 is 5.30. The van der Waals surface area contributed by atoms with Crippen LogP contribution < -0.4 is 10.1 Å². The Morgan fingerprint density at radius 2 is 1.65 bits per heavy atom. The van der Waals surface area contributed by atoms with Crippen LogP contribution in [0.2, 0.25) is 0 Å². The molecule has 1 heterocycles. The van der Waals surface area contributed by atoms with Gasteiger partial charge in [-0.3, -0.25) is 14.6 Å². The summed E-state index contributed by atoms with van der Waals surface area (Å²) in [5.41, 5.74) is 3.03. The first-order chi connectivity index (χ1) is 18.0. The fourth-order valence-corrected chi connectivity index (χ4v) is 4.83. The van der Waals surface area contributed by atoms with Crippen LogP contribution in [0.5, 0.6) is 5.75 Å². The Balaban J connectivity index is 1.74. The van der Waals surface area contributed by atoms with E-state index in [2.05, 4.69) is 29.1 Å². The largest absolute Gasteiger partial charge is 0.497 e. The molecule has 37 heavy (non-hydrogen) atoms. The van der Waals surface area contributed by atoms with Crippen molar-refractivity contribution in [3.05, 3.63) is 89.5 Å². The lowest BCUT2D eigenvalue weighted by Crippen LogP contribution is -2.47. The van der Waals surface area contributed by atoms with Gasteiger partial charge in [-0.2, -0.15) is 0 Å². The fourth-order valence-electron chi connectivity index (χ4n) is 4.83. The van der Waals surface area contributed by atoms with Gasteiger partial charge in [0.25, 0.3) is 5.91 Å². The zero-order chi connectivity index (χ0) is 26.2. The predicted octanol–water partition coefficient (Wildman–Crippen LogP) is 5.44. The van der Waals surface area contributed by atoms with E-state index < -0.39 is 6.04 Å². The van der Waals surface area contributed by atoms with Crippen LogP contribution in [0.3, 0.4) is 0 Å². The molecule has 2 aromatic carbocycles. The zero-order valence-electron chi connectivity index (χ0n) is 21.9. The molecule has 2 amide bonds. The summed E-state index contributed by atoms with van der Waals surface area (Å²) in [5.74, 6) is 0.571. The van der Waals surface area contributed by atoms with Crippen molar-refractivity contribution in [2.75, 3.05) is 7.11 Å². The van der Waals surface area contributed by atoms with Crippen molar-refractivity contribution in [1.29, 1.82) is 0 Å². The van der Waals surface area contributed by atoms with Crippen LogP contribution in [-0.2, 0) is 11.3 Å². The van der Waals surface area contributed by atoms with Gasteiger partial charge >= 0.3 is 0 Å². The van der Waals surface area contributed by atoms with E-state index in [1.54, 1.807) is 12.0 Å². The number of benzene rings is 2. The predicted molar refractivity (Wildman–Crippen MR) is 143 cm³/mol. The highest BCUT2D eigenvalue weighted by atomic mass is 16.5.